The largest absolute Gasteiger partial charge is 0.310 e. The fraction of sp³-hybridized carbons (Fsp3) is 0. The van der Waals surface area contributed by atoms with Gasteiger partial charge in [-0.05, 0) is 64.7 Å². The van der Waals surface area contributed by atoms with Crippen molar-refractivity contribution in [2.24, 2.45) is 0 Å². The molecule has 0 unspecified atom stereocenters. The summed E-state index contributed by atoms with van der Waals surface area (Å²) >= 11 is 0. The van der Waals surface area contributed by atoms with Gasteiger partial charge in [-0.2, -0.15) is 0 Å². The molecule has 0 aliphatic carbocycles. The van der Waals surface area contributed by atoms with E-state index in [1.54, 1.807) is 0 Å². The summed E-state index contributed by atoms with van der Waals surface area (Å²) in [7, 11) is 0. The molecule has 0 spiro atoms. The smallest absolute Gasteiger partial charge is 0.169 e. The van der Waals surface area contributed by atoms with E-state index in [0.717, 1.165) is 50.4 Å². The first kappa shape index (κ1) is 22.5. The molecule has 8 aromatic rings. The van der Waals surface area contributed by atoms with Crippen molar-refractivity contribution in [1.29, 1.82) is 0 Å². The minimum Gasteiger partial charge on any atom is -0.310 e. The van der Waals surface area contributed by atoms with Gasteiger partial charge in [0.15, 0.2) is 11.5 Å². The second kappa shape index (κ2) is 9.07. The highest BCUT2D eigenvalue weighted by Gasteiger charge is 2.17. The third-order valence-corrected chi connectivity index (χ3v) is 7.64. The second-order valence-corrected chi connectivity index (χ2v) is 10.00. The summed E-state index contributed by atoms with van der Waals surface area (Å²) in [5, 5.41) is 15.2. The first-order chi connectivity index (χ1) is 19.8. The van der Waals surface area contributed by atoms with Gasteiger partial charge < -0.3 is 4.90 Å². The van der Waals surface area contributed by atoms with E-state index in [0.29, 0.717) is 0 Å². The molecule has 188 valence electrons. The third kappa shape index (κ3) is 3.54. The Morgan fingerprint density at radius 2 is 1.05 bits per heavy atom. The Morgan fingerprint density at radius 1 is 0.450 bits per heavy atom. The van der Waals surface area contributed by atoms with E-state index < -0.39 is 0 Å². The Kier molecular flexibility index (Phi) is 5.10. The molecule has 2 heterocycles. The molecule has 0 saturated heterocycles. The fourth-order valence-corrected chi connectivity index (χ4v) is 5.80. The Labute approximate surface area is 231 Å². The Hall–Kier alpha value is -5.48. The number of pyridine rings is 1. The summed E-state index contributed by atoms with van der Waals surface area (Å²) in [6.45, 7) is 0. The summed E-state index contributed by atoms with van der Waals surface area (Å²) in [6, 6.07) is 51.1. The minimum atomic E-state index is 0.845. The molecule has 6 aromatic carbocycles. The maximum atomic E-state index is 4.70. The molecular weight excluding hydrogens is 488 g/mol. The topological polar surface area (TPSA) is 33.4 Å². The van der Waals surface area contributed by atoms with Crippen LogP contribution in [0.3, 0.4) is 0 Å². The standard InChI is InChI=1S/C36H24N4/c1-3-11-28(12-4-1)39(29-13-5-2-6-14-29)30-22-21-25-23-27(20-19-26(25)24-30)35-37-38-36-33-17-8-7-15-31(33)32-16-9-10-18-34(32)40(35)36/h1-24H. The van der Waals surface area contributed by atoms with Crippen LogP contribution in [-0.2, 0) is 0 Å². The van der Waals surface area contributed by atoms with Crippen LogP contribution in [0.25, 0.3) is 49.5 Å². The van der Waals surface area contributed by atoms with Crippen LogP contribution in [-0.4, -0.2) is 14.6 Å². The molecule has 4 heteroatoms. The van der Waals surface area contributed by atoms with Gasteiger partial charge >= 0.3 is 0 Å². The normalized spacial score (nSPS) is 11.5. The number of para-hydroxylation sites is 3. The predicted molar refractivity (Wildman–Crippen MR) is 166 cm³/mol. The first-order valence-electron chi connectivity index (χ1n) is 13.4. The molecule has 0 bridgehead atoms. The van der Waals surface area contributed by atoms with Crippen molar-refractivity contribution in [2.75, 3.05) is 4.90 Å². The zero-order valence-corrected chi connectivity index (χ0v) is 21.6. The van der Waals surface area contributed by atoms with Crippen molar-refractivity contribution >= 4 is 55.2 Å². The number of hydrogen-bond donors (Lipinski definition) is 0. The molecule has 0 fully saturated rings. The first-order valence-corrected chi connectivity index (χ1v) is 13.4. The highest BCUT2D eigenvalue weighted by Crippen LogP contribution is 2.37. The maximum Gasteiger partial charge on any atom is 0.169 e. The maximum absolute atomic E-state index is 4.70. The Morgan fingerprint density at radius 3 is 1.80 bits per heavy atom. The molecule has 4 nitrogen and oxygen atoms in total. The van der Waals surface area contributed by atoms with Gasteiger partial charge in [-0.15, -0.1) is 10.2 Å². The lowest BCUT2D eigenvalue weighted by Gasteiger charge is -2.25. The second-order valence-electron chi connectivity index (χ2n) is 10.00. The van der Waals surface area contributed by atoms with Crippen LogP contribution in [0.15, 0.2) is 146 Å². The van der Waals surface area contributed by atoms with E-state index in [4.69, 9.17) is 5.10 Å². The molecule has 0 aliphatic rings. The lowest BCUT2D eigenvalue weighted by atomic mass is 10.0. The van der Waals surface area contributed by atoms with Gasteiger partial charge in [0.1, 0.15) is 0 Å². The monoisotopic (exact) mass is 512 g/mol. The minimum absolute atomic E-state index is 0.845. The molecule has 0 atom stereocenters. The number of anilines is 3. The van der Waals surface area contributed by atoms with Crippen LogP contribution in [0.5, 0.6) is 0 Å². The molecule has 0 aliphatic heterocycles. The Bertz CT molecular complexity index is 2130. The molecule has 8 rings (SSSR count). The third-order valence-electron chi connectivity index (χ3n) is 7.64. The molecule has 0 radical (unpaired) electrons. The van der Waals surface area contributed by atoms with Crippen LogP contribution >= 0.6 is 0 Å². The van der Waals surface area contributed by atoms with Crippen LogP contribution in [0.1, 0.15) is 0 Å². The molecule has 2 aromatic heterocycles. The van der Waals surface area contributed by atoms with Crippen molar-refractivity contribution in [3.05, 3.63) is 146 Å². The van der Waals surface area contributed by atoms with Crippen molar-refractivity contribution < 1.29 is 0 Å². The van der Waals surface area contributed by atoms with E-state index in [-0.39, 0.29) is 0 Å². The average Bonchev–Trinajstić information content (AvgIpc) is 3.48. The molecule has 0 N–H and O–H groups in total. The average molecular weight is 513 g/mol. The quantitative estimate of drug-likeness (QED) is 0.220. The van der Waals surface area contributed by atoms with Gasteiger partial charge in [-0.3, -0.25) is 4.40 Å². The number of rotatable bonds is 4. The summed E-state index contributed by atoms with van der Waals surface area (Å²) in [6.07, 6.45) is 0. The lowest BCUT2D eigenvalue weighted by Crippen LogP contribution is -2.09. The zero-order valence-electron chi connectivity index (χ0n) is 21.6. The number of benzene rings is 6. The molecule has 40 heavy (non-hydrogen) atoms. The van der Waals surface area contributed by atoms with Crippen molar-refractivity contribution in [1.82, 2.24) is 14.6 Å². The summed E-state index contributed by atoms with van der Waals surface area (Å²) in [4.78, 5) is 2.29. The van der Waals surface area contributed by atoms with Crippen molar-refractivity contribution in [3.8, 4) is 11.4 Å². The van der Waals surface area contributed by atoms with Gasteiger partial charge in [-0.25, -0.2) is 0 Å². The van der Waals surface area contributed by atoms with E-state index >= 15 is 0 Å². The van der Waals surface area contributed by atoms with Crippen molar-refractivity contribution in [3.63, 3.8) is 0 Å². The molecular formula is C36H24N4. The number of aromatic nitrogens is 3. The van der Waals surface area contributed by atoms with Gasteiger partial charge in [0.05, 0.1) is 5.52 Å². The van der Waals surface area contributed by atoms with Crippen LogP contribution in [0.2, 0.25) is 0 Å². The van der Waals surface area contributed by atoms with Gasteiger partial charge in [0.2, 0.25) is 0 Å². The highest BCUT2D eigenvalue weighted by molar-refractivity contribution is 6.12. The predicted octanol–water partition coefficient (Wildman–Crippen LogP) is 9.33. The van der Waals surface area contributed by atoms with E-state index in [9.17, 15) is 0 Å². The molecule has 0 saturated carbocycles. The number of nitrogens with zero attached hydrogens (tertiary/aromatic N) is 4. The van der Waals surface area contributed by atoms with Crippen LogP contribution in [0, 0.1) is 0 Å². The SMILES string of the molecule is c1ccc(N(c2ccccc2)c2ccc3cc(-c4nnc5c6ccccc6c6ccccc6n45)ccc3c2)cc1. The lowest BCUT2D eigenvalue weighted by molar-refractivity contribution is 1.12. The van der Waals surface area contributed by atoms with E-state index in [2.05, 4.69) is 160 Å². The summed E-state index contributed by atoms with van der Waals surface area (Å²) in [5.41, 5.74) is 6.38. The Balaban J connectivity index is 1.29. The van der Waals surface area contributed by atoms with Crippen molar-refractivity contribution in [2.45, 2.75) is 0 Å². The van der Waals surface area contributed by atoms with Crippen LogP contribution in [0.4, 0.5) is 17.1 Å². The molecule has 0 amide bonds. The fourth-order valence-electron chi connectivity index (χ4n) is 5.80. The summed E-state index contributed by atoms with van der Waals surface area (Å²) < 4.78 is 2.19. The van der Waals surface area contributed by atoms with Gasteiger partial charge in [-0.1, -0.05) is 97.1 Å². The highest BCUT2D eigenvalue weighted by atomic mass is 15.2. The van der Waals surface area contributed by atoms with E-state index in [1.165, 1.54) is 16.2 Å². The van der Waals surface area contributed by atoms with E-state index in [1.807, 2.05) is 0 Å². The number of fused-ring (bicyclic) bond motifs is 7. The van der Waals surface area contributed by atoms with Gasteiger partial charge in [0, 0.05) is 33.4 Å². The zero-order chi connectivity index (χ0) is 26.5. The summed E-state index contributed by atoms with van der Waals surface area (Å²) in [5.74, 6) is 0.845. The van der Waals surface area contributed by atoms with Gasteiger partial charge in [0.25, 0.3) is 0 Å². The number of hydrogen-bond acceptors (Lipinski definition) is 3. The van der Waals surface area contributed by atoms with Crippen LogP contribution < -0.4 is 4.90 Å².